The second kappa shape index (κ2) is 17.4. The summed E-state index contributed by atoms with van der Waals surface area (Å²) in [7, 11) is 0. The number of imide groups is 1. The Labute approximate surface area is 333 Å². The van der Waals surface area contributed by atoms with Gasteiger partial charge in [-0.25, -0.2) is 4.98 Å². The highest BCUT2D eigenvalue weighted by Crippen LogP contribution is 2.39. The maximum absolute atomic E-state index is 13.6. The number of piperazine rings is 1. The van der Waals surface area contributed by atoms with Gasteiger partial charge in [0.2, 0.25) is 17.7 Å². The summed E-state index contributed by atoms with van der Waals surface area (Å²) in [5, 5.41) is 15.2. The second-order valence-electron chi connectivity index (χ2n) is 15.1. The minimum Gasteiger partial charge on any atom is -0.377 e. The van der Waals surface area contributed by atoms with Crippen LogP contribution in [0.1, 0.15) is 83.4 Å². The molecular formula is C38H48Cl2N8O5S. The molecule has 0 bridgehead atoms. The Morgan fingerprint density at radius 3 is 2.37 bits per heavy atom. The molecule has 3 atom stereocenters. The van der Waals surface area contributed by atoms with Crippen molar-refractivity contribution in [1.82, 2.24) is 25.0 Å². The summed E-state index contributed by atoms with van der Waals surface area (Å²) in [5.74, 6) is -1.11. The fourth-order valence-corrected chi connectivity index (χ4v) is 9.01. The van der Waals surface area contributed by atoms with Gasteiger partial charge in [-0.15, -0.1) is 12.4 Å². The normalized spacial score (nSPS) is 26.3. The minimum absolute atomic E-state index is 0. The van der Waals surface area contributed by atoms with E-state index in [-0.39, 0.29) is 83.4 Å². The highest BCUT2D eigenvalue weighted by Gasteiger charge is 2.52. The average Bonchev–Trinajstić information content (AvgIpc) is 3.29. The molecule has 1 aliphatic carbocycles. The Balaban J connectivity index is 0.00000561. The van der Waals surface area contributed by atoms with E-state index in [0.717, 1.165) is 50.9 Å². The number of piperidine rings is 1. The second-order valence-corrected chi connectivity index (χ2v) is 15.9. The van der Waals surface area contributed by atoms with Crippen LogP contribution < -0.4 is 15.5 Å². The standard InChI is InChI=1S/C38H47ClN8O5S.ClH/c1-23-20-44(21-24(2)45(23)22-34(49)42-26-7-5-25(6-8-26)30-13-14-33(48)43-35(30)50)15-16-52-29-11-9-27(10-12-29)47-37(53)46(36(51)38(47,3)4)28-17-31(39)32(18-40)41-19-28;/h5-8,17,19,23-24,27,29-30H,9-16,20-22H2,1-4H3,(H,42,49)(H,43,48,50);1H/t23-,24+,27?,29?,30?;. The third kappa shape index (κ3) is 8.88. The monoisotopic (exact) mass is 798 g/mol. The maximum Gasteiger partial charge on any atom is 0.258 e. The van der Waals surface area contributed by atoms with E-state index < -0.39 is 5.54 Å². The van der Waals surface area contributed by atoms with E-state index >= 15 is 0 Å². The lowest BCUT2D eigenvalue weighted by molar-refractivity contribution is -0.134. The molecule has 0 radical (unpaired) electrons. The number of aromatic nitrogens is 1. The van der Waals surface area contributed by atoms with Crippen molar-refractivity contribution in [3.05, 3.63) is 52.8 Å². The molecule has 290 valence electrons. The first-order valence-electron chi connectivity index (χ1n) is 18.3. The van der Waals surface area contributed by atoms with Gasteiger partial charge < -0.3 is 15.0 Å². The van der Waals surface area contributed by atoms with Crippen LogP contribution in [0.5, 0.6) is 0 Å². The molecular weight excluding hydrogens is 751 g/mol. The molecule has 1 aromatic heterocycles. The smallest absolute Gasteiger partial charge is 0.258 e. The van der Waals surface area contributed by atoms with Gasteiger partial charge in [0.1, 0.15) is 11.6 Å². The average molecular weight is 800 g/mol. The molecule has 3 aliphatic heterocycles. The van der Waals surface area contributed by atoms with Crippen LogP contribution in [-0.2, 0) is 23.9 Å². The lowest BCUT2D eigenvalue weighted by Gasteiger charge is -2.44. The van der Waals surface area contributed by atoms with Crippen molar-refractivity contribution >= 4 is 76.3 Å². The van der Waals surface area contributed by atoms with Gasteiger partial charge in [0.15, 0.2) is 10.8 Å². The minimum atomic E-state index is -0.836. The van der Waals surface area contributed by atoms with Crippen LogP contribution in [0.4, 0.5) is 11.4 Å². The zero-order valence-corrected chi connectivity index (χ0v) is 33.4. The Bertz CT molecular complexity index is 1790. The number of carbonyl (C=O) groups is 4. The zero-order valence-electron chi connectivity index (χ0n) is 31.0. The molecule has 1 unspecified atom stereocenters. The van der Waals surface area contributed by atoms with Crippen LogP contribution in [0.3, 0.4) is 0 Å². The van der Waals surface area contributed by atoms with Gasteiger partial charge in [-0.3, -0.25) is 39.2 Å². The van der Waals surface area contributed by atoms with Crippen LogP contribution >= 0.6 is 36.2 Å². The molecule has 4 amide bonds. The van der Waals surface area contributed by atoms with Gasteiger partial charge in [0.25, 0.3) is 5.91 Å². The number of rotatable bonds is 10. The lowest BCUT2D eigenvalue weighted by Crippen LogP contribution is -2.58. The molecule has 4 fully saturated rings. The van der Waals surface area contributed by atoms with E-state index in [1.54, 1.807) is 18.2 Å². The molecule has 4 aliphatic rings. The van der Waals surface area contributed by atoms with Crippen LogP contribution in [-0.4, -0.2) is 111 Å². The number of thiocarbonyl (C=S) groups is 1. The maximum atomic E-state index is 13.6. The molecule has 1 saturated carbocycles. The third-order valence-electron chi connectivity index (χ3n) is 11.0. The van der Waals surface area contributed by atoms with Crippen molar-refractivity contribution in [2.24, 2.45) is 0 Å². The van der Waals surface area contributed by atoms with Gasteiger partial charge in [0.05, 0.1) is 42.1 Å². The summed E-state index contributed by atoms with van der Waals surface area (Å²) >= 11 is 12.1. The largest absolute Gasteiger partial charge is 0.377 e. The van der Waals surface area contributed by atoms with Gasteiger partial charge >= 0.3 is 0 Å². The molecule has 2 aromatic rings. The number of benzene rings is 1. The number of hydrogen-bond donors (Lipinski definition) is 2. The van der Waals surface area contributed by atoms with Crippen molar-refractivity contribution in [1.29, 1.82) is 5.26 Å². The van der Waals surface area contributed by atoms with Crippen LogP contribution in [0.15, 0.2) is 36.5 Å². The molecule has 6 rings (SSSR count). The summed E-state index contributed by atoms with van der Waals surface area (Å²) in [6, 6.07) is 11.2. The number of nitrogens with one attached hydrogen (secondary N) is 2. The summed E-state index contributed by atoms with van der Waals surface area (Å²) in [6.45, 7) is 11.5. The summed E-state index contributed by atoms with van der Waals surface area (Å²) in [5.41, 5.74) is 1.22. The molecule has 54 heavy (non-hydrogen) atoms. The highest BCUT2D eigenvalue weighted by atomic mass is 35.5. The number of pyridine rings is 1. The van der Waals surface area contributed by atoms with Crippen LogP contribution in [0.2, 0.25) is 5.02 Å². The molecule has 1 aromatic carbocycles. The number of nitrogens with zero attached hydrogens (tertiary/aromatic N) is 6. The topological polar surface area (TPSA) is 151 Å². The van der Waals surface area contributed by atoms with Gasteiger partial charge in [-0.2, -0.15) is 5.26 Å². The van der Waals surface area contributed by atoms with Gasteiger partial charge in [-0.05, 0) is 95.8 Å². The molecule has 16 heteroatoms. The van der Waals surface area contributed by atoms with E-state index in [2.05, 4.69) is 44.2 Å². The Morgan fingerprint density at radius 2 is 1.76 bits per heavy atom. The SMILES string of the molecule is C[C@@H]1CN(CCOC2CCC(N3C(=S)N(c4cnc(C#N)c(Cl)c4)C(=O)C3(C)C)CC2)C[C@H](C)N1CC(=O)Nc1ccc(C2CCC(=O)NC2=O)cc1.Cl. The fourth-order valence-electron chi connectivity index (χ4n) is 8.24. The van der Waals surface area contributed by atoms with Crippen molar-refractivity contribution in [3.63, 3.8) is 0 Å². The van der Waals surface area contributed by atoms with Gasteiger partial charge in [0, 0.05) is 49.9 Å². The van der Waals surface area contributed by atoms with Crippen molar-refractivity contribution in [2.45, 2.75) is 102 Å². The van der Waals surface area contributed by atoms with Gasteiger partial charge in [-0.1, -0.05) is 23.7 Å². The first kappa shape index (κ1) is 41.5. The quantitative estimate of drug-likeness (QED) is 0.256. The van der Waals surface area contributed by atoms with E-state index in [9.17, 15) is 24.4 Å². The number of amides is 4. The molecule has 0 spiro atoms. The Morgan fingerprint density at radius 1 is 1.09 bits per heavy atom. The molecule has 3 saturated heterocycles. The van der Waals surface area contributed by atoms with Crippen LogP contribution in [0, 0.1) is 11.3 Å². The summed E-state index contributed by atoms with van der Waals surface area (Å²) in [6.07, 6.45) is 5.84. The highest BCUT2D eigenvalue weighted by molar-refractivity contribution is 7.80. The van der Waals surface area contributed by atoms with E-state index in [4.69, 9.17) is 28.6 Å². The molecule has 2 N–H and O–H groups in total. The fraction of sp³-hybridized carbons (Fsp3) is 0.553. The van der Waals surface area contributed by atoms with E-state index in [1.807, 2.05) is 32.0 Å². The number of ether oxygens (including phenoxy) is 1. The van der Waals surface area contributed by atoms with Crippen molar-refractivity contribution in [3.8, 4) is 6.07 Å². The summed E-state index contributed by atoms with van der Waals surface area (Å²) in [4.78, 5) is 62.6. The molecule has 4 heterocycles. The zero-order chi connectivity index (χ0) is 38.0. The number of nitriles is 1. The van der Waals surface area contributed by atoms with E-state index in [0.29, 0.717) is 35.9 Å². The Hall–Kier alpha value is -3.71. The number of anilines is 2. The number of halogens is 2. The van der Waals surface area contributed by atoms with E-state index in [1.165, 1.54) is 11.1 Å². The predicted molar refractivity (Wildman–Crippen MR) is 211 cm³/mol. The number of hydrogen-bond acceptors (Lipinski definition) is 10. The Kier molecular flexibility index (Phi) is 13.4. The summed E-state index contributed by atoms with van der Waals surface area (Å²) < 4.78 is 6.37. The predicted octanol–water partition coefficient (Wildman–Crippen LogP) is 4.62. The first-order chi connectivity index (χ1) is 25.3. The number of carbonyl (C=O) groups excluding carboxylic acids is 4. The lowest BCUT2D eigenvalue weighted by atomic mass is 9.89. The first-order valence-corrected chi connectivity index (χ1v) is 19.1. The van der Waals surface area contributed by atoms with Crippen LogP contribution in [0.25, 0.3) is 0 Å². The van der Waals surface area contributed by atoms with Crippen molar-refractivity contribution < 1.29 is 23.9 Å². The third-order valence-corrected chi connectivity index (χ3v) is 11.7. The van der Waals surface area contributed by atoms with Crippen molar-refractivity contribution in [2.75, 3.05) is 43.0 Å². The molecule has 13 nitrogen and oxygen atoms in total.